The summed E-state index contributed by atoms with van der Waals surface area (Å²) in [7, 11) is 2.10. The summed E-state index contributed by atoms with van der Waals surface area (Å²) < 4.78 is 5.25. The van der Waals surface area contributed by atoms with Crippen molar-refractivity contribution in [2.45, 2.75) is 38.3 Å². The smallest absolute Gasteiger partial charge is 0.244 e. The highest BCUT2D eigenvalue weighted by atomic mass is 16.5. The second-order valence-electron chi connectivity index (χ2n) is 4.27. The van der Waals surface area contributed by atoms with E-state index in [1.165, 1.54) is 12.8 Å². The highest BCUT2D eigenvalue weighted by Gasteiger charge is 2.26. The van der Waals surface area contributed by atoms with Gasteiger partial charge in [0, 0.05) is 0 Å². The van der Waals surface area contributed by atoms with Gasteiger partial charge < -0.3 is 10.3 Å². The van der Waals surface area contributed by atoms with Gasteiger partial charge in [0.15, 0.2) is 5.82 Å². The van der Waals surface area contributed by atoms with E-state index in [1.807, 2.05) is 6.92 Å². The van der Waals surface area contributed by atoms with Crippen LogP contribution in [0.25, 0.3) is 0 Å². The van der Waals surface area contributed by atoms with E-state index in [1.54, 1.807) is 0 Å². The average molecular weight is 210 g/mol. The number of piperidine rings is 1. The Morgan fingerprint density at radius 2 is 2.33 bits per heavy atom. The normalized spacial score (nSPS) is 25.4. The summed E-state index contributed by atoms with van der Waals surface area (Å²) in [5, 5.41) is 3.89. The van der Waals surface area contributed by atoms with Gasteiger partial charge in [-0.05, 0) is 33.4 Å². The Labute approximate surface area is 89.6 Å². The Kier molecular flexibility index (Phi) is 3.02. The predicted octanol–water partition coefficient (Wildman–Crippen LogP) is 1.25. The van der Waals surface area contributed by atoms with Crippen LogP contribution in [0.5, 0.6) is 0 Å². The molecule has 2 rings (SSSR count). The molecular formula is C10H18N4O. The van der Waals surface area contributed by atoms with Crippen LogP contribution in [0.15, 0.2) is 4.52 Å². The lowest BCUT2D eigenvalue weighted by Crippen LogP contribution is -2.29. The van der Waals surface area contributed by atoms with E-state index in [2.05, 4.69) is 22.1 Å². The lowest BCUT2D eigenvalue weighted by Gasteiger charge is -2.29. The standard InChI is InChI=1S/C10H18N4O/c1-7(11)9-12-10(15-13-9)8-5-3-4-6-14(8)2/h7-8H,3-6,11H2,1-2H3. The van der Waals surface area contributed by atoms with Crippen molar-refractivity contribution in [3.05, 3.63) is 11.7 Å². The molecule has 0 bridgehead atoms. The molecule has 5 heteroatoms. The molecule has 15 heavy (non-hydrogen) atoms. The third-order valence-corrected chi connectivity index (χ3v) is 2.92. The Balaban J connectivity index is 2.13. The third-order valence-electron chi connectivity index (χ3n) is 2.92. The number of hydrogen-bond donors (Lipinski definition) is 1. The summed E-state index contributed by atoms with van der Waals surface area (Å²) >= 11 is 0. The molecule has 1 fully saturated rings. The first-order chi connectivity index (χ1) is 7.18. The lowest BCUT2D eigenvalue weighted by atomic mass is 10.0. The molecule has 2 unspecified atom stereocenters. The molecule has 1 aromatic rings. The van der Waals surface area contributed by atoms with Crippen molar-refractivity contribution in [1.82, 2.24) is 15.0 Å². The largest absolute Gasteiger partial charge is 0.338 e. The van der Waals surface area contributed by atoms with Crippen LogP contribution in [0.3, 0.4) is 0 Å². The van der Waals surface area contributed by atoms with Gasteiger partial charge in [0.1, 0.15) is 0 Å². The summed E-state index contributed by atoms with van der Waals surface area (Å²) in [5.41, 5.74) is 5.69. The summed E-state index contributed by atoms with van der Waals surface area (Å²) in [6.07, 6.45) is 3.57. The fraction of sp³-hybridized carbons (Fsp3) is 0.800. The molecule has 0 aromatic carbocycles. The molecule has 0 saturated carbocycles. The number of aromatic nitrogens is 2. The van der Waals surface area contributed by atoms with Crippen molar-refractivity contribution in [2.75, 3.05) is 13.6 Å². The maximum Gasteiger partial charge on any atom is 0.244 e. The molecule has 0 aliphatic carbocycles. The third kappa shape index (κ3) is 2.18. The number of nitrogens with zero attached hydrogens (tertiary/aromatic N) is 3. The van der Waals surface area contributed by atoms with Crippen LogP contribution in [0.1, 0.15) is 50.0 Å². The van der Waals surface area contributed by atoms with Gasteiger partial charge in [-0.25, -0.2) is 0 Å². The summed E-state index contributed by atoms with van der Waals surface area (Å²) in [4.78, 5) is 6.61. The van der Waals surface area contributed by atoms with Crippen LogP contribution in [0, 0.1) is 0 Å². The zero-order chi connectivity index (χ0) is 10.8. The fourth-order valence-corrected chi connectivity index (χ4v) is 1.95. The maximum atomic E-state index is 5.69. The molecule has 1 aromatic heterocycles. The summed E-state index contributed by atoms with van der Waals surface area (Å²) in [6, 6.07) is 0.121. The van der Waals surface area contributed by atoms with Gasteiger partial charge in [-0.15, -0.1) is 0 Å². The van der Waals surface area contributed by atoms with Crippen molar-refractivity contribution in [3.63, 3.8) is 0 Å². The van der Waals surface area contributed by atoms with Crippen molar-refractivity contribution in [2.24, 2.45) is 5.73 Å². The molecule has 2 heterocycles. The van der Waals surface area contributed by atoms with Gasteiger partial charge in [0.25, 0.3) is 0 Å². The minimum Gasteiger partial charge on any atom is -0.338 e. The molecular weight excluding hydrogens is 192 g/mol. The zero-order valence-corrected chi connectivity index (χ0v) is 9.31. The first-order valence-electron chi connectivity index (χ1n) is 5.48. The Hall–Kier alpha value is -0.940. The quantitative estimate of drug-likeness (QED) is 0.795. The van der Waals surface area contributed by atoms with Crippen molar-refractivity contribution >= 4 is 0 Å². The van der Waals surface area contributed by atoms with Gasteiger partial charge in [-0.3, -0.25) is 4.90 Å². The SMILES string of the molecule is CC(N)c1noc(C2CCCCN2C)n1. The number of likely N-dealkylation sites (tertiary alicyclic amines) is 1. The van der Waals surface area contributed by atoms with E-state index in [4.69, 9.17) is 10.3 Å². The molecule has 84 valence electrons. The second-order valence-corrected chi connectivity index (χ2v) is 4.27. The van der Waals surface area contributed by atoms with Crippen molar-refractivity contribution in [1.29, 1.82) is 0 Å². The summed E-state index contributed by atoms with van der Waals surface area (Å²) in [6.45, 7) is 2.96. The topological polar surface area (TPSA) is 68.2 Å². The van der Waals surface area contributed by atoms with Gasteiger partial charge in [0.2, 0.25) is 5.89 Å². The Morgan fingerprint density at radius 1 is 1.53 bits per heavy atom. The van der Waals surface area contributed by atoms with E-state index < -0.39 is 0 Å². The molecule has 1 saturated heterocycles. The van der Waals surface area contributed by atoms with E-state index in [9.17, 15) is 0 Å². The minimum absolute atomic E-state index is 0.156. The van der Waals surface area contributed by atoms with E-state index in [0.29, 0.717) is 11.7 Å². The molecule has 2 atom stereocenters. The van der Waals surface area contributed by atoms with E-state index in [-0.39, 0.29) is 12.1 Å². The lowest BCUT2D eigenvalue weighted by molar-refractivity contribution is 0.150. The van der Waals surface area contributed by atoms with Crippen molar-refractivity contribution in [3.8, 4) is 0 Å². The molecule has 1 aliphatic rings. The van der Waals surface area contributed by atoms with Gasteiger partial charge in [0.05, 0.1) is 12.1 Å². The summed E-state index contributed by atoms with van der Waals surface area (Å²) in [5.74, 6) is 1.31. The minimum atomic E-state index is -0.156. The van der Waals surface area contributed by atoms with E-state index >= 15 is 0 Å². The van der Waals surface area contributed by atoms with E-state index in [0.717, 1.165) is 13.0 Å². The molecule has 0 spiro atoms. The average Bonchev–Trinajstić information content (AvgIpc) is 2.67. The Bertz CT molecular complexity index is 323. The first-order valence-corrected chi connectivity index (χ1v) is 5.48. The molecule has 0 amide bonds. The van der Waals surface area contributed by atoms with Crippen LogP contribution >= 0.6 is 0 Å². The maximum absolute atomic E-state index is 5.69. The highest BCUT2D eigenvalue weighted by molar-refractivity contribution is 4.97. The van der Waals surface area contributed by atoms with Crippen LogP contribution in [0.2, 0.25) is 0 Å². The predicted molar refractivity (Wildman–Crippen MR) is 56.1 cm³/mol. The van der Waals surface area contributed by atoms with Gasteiger partial charge in [-0.1, -0.05) is 11.6 Å². The van der Waals surface area contributed by atoms with Crippen LogP contribution in [-0.4, -0.2) is 28.6 Å². The molecule has 1 aliphatic heterocycles. The van der Waals surface area contributed by atoms with Crippen LogP contribution in [-0.2, 0) is 0 Å². The van der Waals surface area contributed by atoms with Gasteiger partial charge in [-0.2, -0.15) is 4.98 Å². The zero-order valence-electron chi connectivity index (χ0n) is 9.31. The fourth-order valence-electron chi connectivity index (χ4n) is 1.95. The molecule has 5 nitrogen and oxygen atoms in total. The number of hydrogen-bond acceptors (Lipinski definition) is 5. The number of nitrogens with two attached hydrogens (primary N) is 1. The number of rotatable bonds is 2. The molecule has 2 N–H and O–H groups in total. The van der Waals surface area contributed by atoms with Crippen molar-refractivity contribution < 1.29 is 4.52 Å². The van der Waals surface area contributed by atoms with Crippen LogP contribution in [0.4, 0.5) is 0 Å². The Morgan fingerprint density at radius 3 is 2.93 bits per heavy atom. The van der Waals surface area contributed by atoms with Gasteiger partial charge >= 0.3 is 0 Å². The molecule has 0 radical (unpaired) electrons. The highest BCUT2D eigenvalue weighted by Crippen LogP contribution is 2.28. The monoisotopic (exact) mass is 210 g/mol. The first kappa shape index (κ1) is 10.6. The second kappa shape index (κ2) is 4.28. The van der Waals surface area contributed by atoms with Crippen LogP contribution < -0.4 is 5.73 Å².